The zero-order valence-corrected chi connectivity index (χ0v) is 13.1. The monoisotopic (exact) mass is 322 g/mol. The summed E-state index contributed by atoms with van der Waals surface area (Å²) in [4.78, 5) is 19.7. The van der Waals surface area contributed by atoms with Crippen molar-refractivity contribution in [2.24, 2.45) is 0 Å². The molecule has 0 saturated carbocycles. The average molecular weight is 323 g/mol. The van der Waals surface area contributed by atoms with Crippen LogP contribution in [0.25, 0.3) is 0 Å². The number of rotatable bonds is 4. The van der Waals surface area contributed by atoms with Crippen LogP contribution in [0.15, 0.2) is 30.5 Å². The third-order valence-electron chi connectivity index (χ3n) is 3.25. The van der Waals surface area contributed by atoms with Gasteiger partial charge in [0.2, 0.25) is 0 Å². The van der Waals surface area contributed by atoms with Gasteiger partial charge in [-0.25, -0.2) is 9.78 Å². The third kappa shape index (κ3) is 3.03. The van der Waals surface area contributed by atoms with Gasteiger partial charge in [0.1, 0.15) is 5.60 Å². The van der Waals surface area contributed by atoms with Crippen molar-refractivity contribution in [3.8, 4) is 6.01 Å². The number of halogens is 1. The van der Waals surface area contributed by atoms with Crippen LogP contribution in [0.3, 0.4) is 0 Å². The Balaban J connectivity index is 2.51. The first-order valence-electron chi connectivity index (χ1n) is 6.38. The third-order valence-corrected chi connectivity index (χ3v) is 3.58. The van der Waals surface area contributed by atoms with Gasteiger partial charge in [-0.2, -0.15) is 4.98 Å². The van der Waals surface area contributed by atoms with Crippen molar-refractivity contribution in [3.05, 3.63) is 52.3 Å². The van der Waals surface area contributed by atoms with Gasteiger partial charge in [0, 0.05) is 6.20 Å². The van der Waals surface area contributed by atoms with E-state index in [4.69, 9.17) is 16.3 Å². The molecule has 0 bridgehead atoms. The Kier molecular flexibility index (Phi) is 4.63. The molecule has 0 aliphatic heterocycles. The van der Waals surface area contributed by atoms with Gasteiger partial charge in [-0.05, 0) is 30.7 Å². The summed E-state index contributed by atoms with van der Waals surface area (Å²) >= 11 is 5.99. The molecule has 2 aromatic rings. The summed E-state index contributed by atoms with van der Waals surface area (Å²) in [5.41, 5.74) is -0.512. The van der Waals surface area contributed by atoms with E-state index in [1.807, 2.05) is 0 Å². The van der Waals surface area contributed by atoms with Crippen LogP contribution in [0.2, 0.25) is 5.02 Å². The number of hydrogen-bond acceptors (Lipinski definition) is 6. The molecule has 1 N–H and O–H groups in total. The van der Waals surface area contributed by atoms with E-state index in [2.05, 4.69) is 14.7 Å². The fourth-order valence-electron chi connectivity index (χ4n) is 1.95. The van der Waals surface area contributed by atoms with E-state index in [0.29, 0.717) is 11.3 Å². The molecule has 0 radical (unpaired) electrons. The molecule has 0 saturated heterocycles. The van der Waals surface area contributed by atoms with Crippen LogP contribution in [0.1, 0.15) is 28.5 Å². The molecule has 0 fully saturated rings. The summed E-state index contributed by atoms with van der Waals surface area (Å²) < 4.78 is 9.63. The number of hydrogen-bond donors (Lipinski definition) is 1. The number of benzene rings is 1. The van der Waals surface area contributed by atoms with Crippen molar-refractivity contribution in [2.45, 2.75) is 12.5 Å². The number of aromatic nitrogens is 2. The molecule has 1 aromatic heterocycles. The lowest BCUT2D eigenvalue weighted by Crippen LogP contribution is -2.25. The lowest BCUT2D eigenvalue weighted by Gasteiger charge is -2.24. The van der Waals surface area contributed by atoms with E-state index in [0.717, 1.165) is 0 Å². The Hall–Kier alpha value is -2.18. The number of carbonyl (C=O) groups excluding carboxylic acids is 1. The lowest BCUT2D eigenvalue weighted by molar-refractivity contribution is 0.0599. The highest BCUT2D eigenvalue weighted by molar-refractivity contribution is 6.33. The van der Waals surface area contributed by atoms with Crippen LogP contribution in [0.4, 0.5) is 0 Å². The predicted octanol–water partition coefficient (Wildman–Crippen LogP) is 2.18. The van der Waals surface area contributed by atoms with Crippen molar-refractivity contribution < 1.29 is 19.4 Å². The second kappa shape index (κ2) is 6.29. The minimum absolute atomic E-state index is 0.139. The number of esters is 1. The van der Waals surface area contributed by atoms with E-state index in [1.165, 1.54) is 32.5 Å². The van der Waals surface area contributed by atoms with Gasteiger partial charge >= 0.3 is 12.0 Å². The average Bonchev–Trinajstić information content (AvgIpc) is 2.54. The van der Waals surface area contributed by atoms with Gasteiger partial charge in [-0.1, -0.05) is 17.7 Å². The molecule has 0 aliphatic carbocycles. The number of ether oxygens (including phenoxy) is 2. The quantitative estimate of drug-likeness (QED) is 0.869. The van der Waals surface area contributed by atoms with E-state index >= 15 is 0 Å². The predicted molar refractivity (Wildman–Crippen MR) is 80.0 cm³/mol. The van der Waals surface area contributed by atoms with Crippen LogP contribution in [0.5, 0.6) is 6.01 Å². The molecule has 6 nitrogen and oxygen atoms in total. The normalized spacial score (nSPS) is 13.3. The zero-order chi connectivity index (χ0) is 16.3. The Morgan fingerprint density at radius 3 is 2.68 bits per heavy atom. The standard InChI is InChI=1S/C15H15ClN2O4/c1-15(20,12-6-7-17-14(18-12)22-3)9-4-5-11(16)10(8-9)13(19)21-2/h4-8,20H,1-3H3. The van der Waals surface area contributed by atoms with Gasteiger partial charge in [0.05, 0.1) is 30.5 Å². The maximum Gasteiger partial charge on any atom is 0.339 e. The summed E-state index contributed by atoms with van der Waals surface area (Å²) in [6.45, 7) is 1.55. The molecule has 1 aromatic carbocycles. The first kappa shape index (κ1) is 16.2. The van der Waals surface area contributed by atoms with Crippen LogP contribution < -0.4 is 4.74 Å². The molecule has 0 amide bonds. The highest BCUT2D eigenvalue weighted by Gasteiger charge is 2.29. The molecule has 1 heterocycles. The topological polar surface area (TPSA) is 81.5 Å². The van der Waals surface area contributed by atoms with Crippen molar-refractivity contribution >= 4 is 17.6 Å². The molecular weight excluding hydrogens is 308 g/mol. The van der Waals surface area contributed by atoms with E-state index < -0.39 is 11.6 Å². The fourth-order valence-corrected chi connectivity index (χ4v) is 2.15. The first-order chi connectivity index (χ1) is 10.4. The molecule has 0 aliphatic rings. The molecule has 1 atom stereocenters. The summed E-state index contributed by atoms with van der Waals surface area (Å²) in [6, 6.07) is 6.32. The van der Waals surface area contributed by atoms with Crippen molar-refractivity contribution in [1.29, 1.82) is 0 Å². The molecule has 1 unspecified atom stereocenters. The molecular formula is C15H15ClN2O4. The summed E-state index contributed by atoms with van der Waals surface area (Å²) in [5.74, 6) is -0.581. The maximum absolute atomic E-state index is 11.7. The second-order valence-corrected chi connectivity index (χ2v) is 5.09. The fraction of sp³-hybridized carbons (Fsp3) is 0.267. The number of methoxy groups -OCH3 is 2. The smallest absolute Gasteiger partial charge is 0.339 e. The zero-order valence-electron chi connectivity index (χ0n) is 12.3. The highest BCUT2D eigenvalue weighted by atomic mass is 35.5. The van der Waals surface area contributed by atoms with Gasteiger partial charge < -0.3 is 14.6 Å². The lowest BCUT2D eigenvalue weighted by atomic mass is 9.91. The van der Waals surface area contributed by atoms with Gasteiger partial charge in [0.15, 0.2) is 0 Å². The Morgan fingerprint density at radius 1 is 1.32 bits per heavy atom. The molecule has 116 valence electrons. The van der Waals surface area contributed by atoms with Gasteiger partial charge in [-0.3, -0.25) is 0 Å². The second-order valence-electron chi connectivity index (χ2n) is 4.69. The molecule has 7 heteroatoms. The van der Waals surface area contributed by atoms with Crippen molar-refractivity contribution in [2.75, 3.05) is 14.2 Å². The summed E-state index contributed by atoms with van der Waals surface area (Å²) in [5, 5.41) is 11.0. The summed E-state index contributed by atoms with van der Waals surface area (Å²) in [6.07, 6.45) is 1.48. The Bertz CT molecular complexity index is 704. The SMILES string of the molecule is COC(=O)c1cc(C(C)(O)c2ccnc(OC)n2)ccc1Cl. The van der Waals surface area contributed by atoms with Crippen LogP contribution in [0, 0.1) is 0 Å². The minimum Gasteiger partial charge on any atom is -0.467 e. The van der Waals surface area contributed by atoms with Crippen LogP contribution in [-0.4, -0.2) is 35.3 Å². The Labute approximate surface area is 132 Å². The highest BCUT2D eigenvalue weighted by Crippen LogP contribution is 2.31. The maximum atomic E-state index is 11.7. The first-order valence-corrected chi connectivity index (χ1v) is 6.76. The van der Waals surface area contributed by atoms with E-state index in [9.17, 15) is 9.90 Å². The minimum atomic E-state index is -1.45. The van der Waals surface area contributed by atoms with E-state index in [-0.39, 0.29) is 16.6 Å². The number of nitrogens with zero attached hydrogens (tertiary/aromatic N) is 2. The van der Waals surface area contributed by atoms with Gasteiger partial charge in [0.25, 0.3) is 0 Å². The van der Waals surface area contributed by atoms with Gasteiger partial charge in [-0.15, -0.1) is 0 Å². The molecule has 0 spiro atoms. The number of aliphatic hydroxyl groups is 1. The van der Waals surface area contributed by atoms with Crippen molar-refractivity contribution in [3.63, 3.8) is 0 Å². The molecule has 22 heavy (non-hydrogen) atoms. The van der Waals surface area contributed by atoms with Crippen LogP contribution >= 0.6 is 11.6 Å². The van der Waals surface area contributed by atoms with Crippen LogP contribution in [-0.2, 0) is 10.3 Å². The number of carbonyl (C=O) groups is 1. The van der Waals surface area contributed by atoms with E-state index in [1.54, 1.807) is 19.1 Å². The van der Waals surface area contributed by atoms with Crippen molar-refractivity contribution in [1.82, 2.24) is 9.97 Å². The largest absolute Gasteiger partial charge is 0.467 e. The molecule has 2 rings (SSSR count). The summed E-state index contributed by atoms with van der Waals surface area (Å²) in [7, 11) is 2.70. The Morgan fingerprint density at radius 2 is 2.05 bits per heavy atom.